The maximum atomic E-state index is 11.8. The number of nitrogens with one attached hydrogen (secondary N) is 1. The number of carbonyl (C=O) groups is 1. The van der Waals surface area contributed by atoms with E-state index < -0.39 is 0 Å². The zero-order chi connectivity index (χ0) is 16.8. The Kier molecular flexibility index (Phi) is 6.16. The second-order valence-corrected chi connectivity index (χ2v) is 6.18. The molecule has 0 bridgehead atoms. The first-order valence-electron chi connectivity index (χ1n) is 7.72. The number of ether oxygens (including phenoxy) is 1. The first-order valence-corrected chi connectivity index (χ1v) is 8.35. The lowest BCUT2D eigenvalue weighted by atomic mass is 10.0. The van der Waals surface area contributed by atoms with Crippen molar-refractivity contribution >= 4 is 18.5 Å². The van der Waals surface area contributed by atoms with E-state index in [0.717, 1.165) is 16.9 Å². The standard InChI is InChI=1S/C18H23NO3S/c1-12(2)15-6-4-13(3)10-17(15)21-11-14-5-7-16(22-14)18(20)19-8-9-23/h4-7,10,12,23H,8-9,11H2,1-3H3,(H,19,20). The first-order chi connectivity index (χ1) is 11.0. The van der Waals surface area contributed by atoms with Gasteiger partial charge in [0.05, 0.1) is 0 Å². The lowest BCUT2D eigenvalue weighted by Gasteiger charge is -2.14. The highest BCUT2D eigenvalue weighted by Gasteiger charge is 2.12. The number of amides is 1. The molecule has 0 atom stereocenters. The van der Waals surface area contributed by atoms with Gasteiger partial charge < -0.3 is 14.5 Å². The molecule has 1 aromatic heterocycles. The summed E-state index contributed by atoms with van der Waals surface area (Å²) in [7, 11) is 0. The monoisotopic (exact) mass is 333 g/mol. The van der Waals surface area contributed by atoms with E-state index in [4.69, 9.17) is 9.15 Å². The fraction of sp³-hybridized carbons (Fsp3) is 0.389. The van der Waals surface area contributed by atoms with Gasteiger partial charge in [-0.3, -0.25) is 4.79 Å². The topological polar surface area (TPSA) is 51.5 Å². The molecule has 0 aliphatic heterocycles. The Bertz CT molecular complexity index is 664. The minimum atomic E-state index is -0.233. The highest BCUT2D eigenvalue weighted by molar-refractivity contribution is 7.80. The fourth-order valence-corrected chi connectivity index (χ4v) is 2.34. The second kappa shape index (κ2) is 8.11. The van der Waals surface area contributed by atoms with E-state index in [-0.39, 0.29) is 5.91 Å². The van der Waals surface area contributed by atoms with Gasteiger partial charge in [-0.15, -0.1) is 0 Å². The van der Waals surface area contributed by atoms with Gasteiger partial charge in [-0.05, 0) is 42.2 Å². The minimum Gasteiger partial charge on any atom is -0.485 e. The molecule has 0 unspecified atom stereocenters. The molecule has 0 spiro atoms. The molecule has 1 N–H and O–H groups in total. The SMILES string of the molecule is Cc1ccc(C(C)C)c(OCc2ccc(C(=O)NCCS)o2)c1. The molecule has 1 amide bonds. The number of benzene rings is 1. The molecule has 2 rings (SSSR count). The average molecular weight is 333 g/mol. The van der Waals surface area contributed by atoms with E-state index in [2.05, 4.69) is 43.9 Å². The zero-order valence-corrected chi connectivity index (χ0v) is 14.7. The van der Waals surface area contributed by atoms with Crippen LogP contribution in [0.5, 0.6) is 5.75 Å². The second-order valence-electron chi connectivity index (χ2n) is 5.73. The van der Waals surface area contributed by atoms with Gasteiger partial charge in [-0.25, -0.2) is 0 Å². The van der Waals surface area contributed by atoms with Crippen molar-refractivity contribution in [1.82, 2.24) is 5.32 Å². The largest absolute Gasteiger partial charge is 0.485 e. The molecule has 0 radical (unpaired) electrons. The third kappa shape index (κ3) is 4.79. The number of hydrogen-bond donors (Lipinski definition) is 2. The summed E-state index contributed by atoms with van der Waals surface area (Å²) in [5.41, 5.74) is 2.31. The summed E-state index contributed by atoms with van der Waals surface area (Å²) in [4.78, 5) is 11.8. The van der Waals surface area contributed by atoms with E-state index in [9.17, 15) is 4.79 Å². The summed E-state index contributed by atoms with van der Waals surface area (Å²) < 4.78 is 11.4. The van der Waals surface area contributed by atoms with Gasteiger partial charge in [0.1, 0.15) is 18.1 Å². The van der Waals surface area contributed by atoms with Gasteiger partial charge in [-0.2, -0.15) is 12.6 Å². The third-order valence-corrected chi connectivity index (χ3v) is 3.67. The van der Waals surface area contributed by atoms with Crippen molar-refractivity contribution < 1.29 is 13.9 Å². The van der Waals surface area contributed by atoms with Gasteiger partial charge in [0.15, 0.2) is 5.76 Å². The molecule has 0 saturated heterocycles. The Morgan fingerprint density at radius 3 is 2.78 bits per heavy atom. The number of hydrogen-bond acceptors (Lipinski definition) is 4. The molecule has 0 aliphatic rings. The van der Waals surface area contributed by atoms with Crippen LogP contribution in [0.25, 0.3) is 0 Å². The number of thiol groups is 1. The van der Waals surface area contributed by atoms with Crippen molar-refractivity contribution in [2.75, 3.05) is 12.3 Å². The third-order valence-electron chi connectivity index (χ3n) is 3.44. The molecule has 5 heteroatoms. The van der Waals surface area contributed by atoms with Crippen molar-refractivity contribution in [1.29, 1.82) is 0 Å². The van der Waals surface area contributed by atoms with Gasteiger partial charge in [0, 0.05) is 12.3 Å². The van der Waals surface area contributed by atoms with Crippen molar-refractivity contribution in [2.45, 2.75) is 33.3 Å². The highest BCUT2D eigenvalue weighted by Crippen LogP contribution is 2.28. The Labute approximate surface area is 142 Å². The molecule has 2 aromatic rings. The van der Waals surface area contributed by atoms with Crippen LogP contribution in [0, 0.1) is 6.92 Å². The molecule has 0 aliphatic carbocycles. The van der Waals surface area contributed by atoms with Crippen LogP contribution in [0.2, 0.25) is 0 Å². The van der Waals surface area contributed by atoms with Crippen LogP contribution < -0.4 is 10.1 Å². The van der Waals surface area contributed by atoms with E-state index >= 15 is 0 Å². The van der Waals surface area contributed by atoms with E-state index in [1.807, 2.05) is 13.0 Å². The van der Waals surface area contributed by atoms with Crippen LogP contribution in [0.3, 0.4) is 0 Å². The lowest BCUT2D eigenvalue weighted by Crippen LogP contribution is -2.24. The summed E-state index contributed by atoms with van der Waals surface area (Å²) >= 11 is 4.06. The molecule has 1 heterocycles. The Morgan fingerprint density at radius 1 is 1.30 bits per heavy atom. The summed E-state index contributed by atoms with van der Waals surface area (Å²) in [5.74, 6) is 2.51. The number of rotatable bonds is 7. The minimum absolute atomic E-state index is 0.233. The van der Waals surface area contributed by atoms with E-state index in [1.54, 1.807) is 12.1 Å². The summed E-state index contributed by atoms with van der Waals surface area (Å²) in [6, 6.07) is 9.62. The van der Waals surface area contributed by atoms with E-state index in [0.29, 0.717) is 36.3 Å². The predicted octanol–water partition coefficient (Wildman–Crippen LogP) is 3.95. The van der Waals surface area contributed by atoms with Gasteiger partial charge in [0.25, 0.3) is 5.91 Å². The maximum Gasteiger partial charge on any atom is 0.287 e. The summed E-state index contributed by atoms with van der Waals surface area (Å²) in [6.45, 7) is 7.11. The Balaban J connectivity index is 2.03. The molecule has 23 heavy (non-hydrogen) atoms. The number of aryl methyl sites for hydroxylation is 1. The first kappa shape index (κ1) is 17.5. The van der Waals surface area contributed by atoms with Crippen LogP contribution in [0.1, 0.15) is 47.2 Å². The predicted molar refractivity (Wildman–Crippen MR) is 94.5 cm³/mol. The van der Waals surface area contributed by atoms with Crippen LogP contribution in [0.4, 0.5) is 0 Å². The normalized spacial score (nSPS) is 10.8. The molecule has 0 saturated carbocycles. The smallest absolute Gasteiger partial charge is 0.287 e. The number of furan rings is 1. The van der Waals surface area contributed by atoms with Gasteiger partial charge in [-0.1, -0.05) is 26.0 Å². The molecule has 1 aromatic carbocycles. The summed E-state index contributed by atoms with van der Waals surface area (Å²) in [5, 5.41) is 2.72. The van der Waals surface area contributed by atoms with Crippen molar-refractivity contribution in [2.24, 2.45) is 0 Å². The van der Waals surface area contributed by atoms with Crippen LogP contribution in [0.15, 0.2) is 34.7 Å². The average Bonchev–Trinajstić information content (AvgIpc) is 2.99. The fourth-order valence-electron chi connectivity index (χ4n) is 2.23. The van der Waals surface area contributed by atoms with Crippen LogP contribution >= 0.6 is 12.6 Å². The number of carbonyl (C=O) groups excluding carboxylic acids is 1. The zero-order valence-electron chi connectivity index (χ0n) is 13.8. The molecule has 124 valence electrons. The van der Waals surface area contributed by atoms with Crippen molar-refractivity contribution in [3.8, 4) is 5.75 Å². The summed E-state index contributed by atoms with van der Waals surface area (Å²) in [6.07, 6.45) is 0. The van der Waals surface area contributed by atoms with E-state index in [1.165, 1.54) is 0 Å². The van der Waals surface area contributed by atoms with Crippen molar-refractivity contribution in [3.05, 3.63) is 53.0 Å². The quantitative estimate of drug-likeness (QED) is 0.754. The molecule has 0 fully saturated rings. The van der Waals surface area contributed by atoms with Crippen LogP contribution in [-0.4, -0.2) is 18.2 Å². The van der Waals surface area contributed by atoms with Gasteiger partial charge >= 0.3 is 0 Å². The lowest BCUT2D eigenvalue weighted by molar-refractivity contribution is 0.0924. The molecular formula is C18H23NO3S. The van der Waals surface area contributed by atoms with Gasteiger partial charge in [0.2, 0.25) is 0 Å². The maximum absolute atomic E-state index is 11.8. The highest BCUT2D eigenvalue weighted by atomic mass is 32.1. The molecule has 4 nitrogen and oxygen atoms in total. The molecular weight excluding hydrogens is 310 g/mol. The van der Waals surface area contributed by atoms with Crippen molar-refractivity contribution in [3.63, 3.8) is 0 Å². The van der Waals surface area contributed by atoms with Crippen LogP contribution in [-0.2, 0) is 6.61 Å². The Hall–Kier alpha value is -1.88. The Morgan fingerprint density at radius 2 is 2.09 bits per heavy atom.